The Morgan fingerprint density at radius 2 is 1.61 bits per heavy atom. The Bertz CT molecular complexity index is 1600. The maximum absolute atomic E-state index is 11.0. The molecule has 264 valence electrons. The van der Waals surface area contributed by atoms with Crippen molar-refractivity contribution in [3.8, 4) is 0 Å². The van der Waals surface area contributed by atoms with Gasteiger partial charge in [0.05, 0.1) is 6.04 Å². The third kappa shape index (κ3) is 10.4. The zero-order valence-corrected chi connectivity index (χ0v) is 30.9. The summed E-state index contributed by atoms with van der Waals surface area (Å²) in [5.74, 6) is -1.47. The molecule has 4 rings (SSSR count). The molecule has 1 aliphatic heterocycles. The topological polar surface area (TPSA) is 81.1 Å². The lowest BCUT2D eigenvalue weighted by molar-refractivity contribution is -0.138. The Kier molecular flexibility index (Phi) is 13.8. The molecule has 2 aromatic rings. The van der Waals surface area contributed by atoms with E-state index in [0.29, 0.717) is 12.8 Å². The van der Waals surface area contributed by atoms with E-state index in [1.807, 2.05) is 0 Å². The summed E-state index contributed by atoms with van der Waals surface area (Å²) in [5, 5.41) is 18.9. The number of hydrogen-bond donors (Lipinski definition) is 2. The van der Waals surface area contributed by atoms with Gasteiger partial charge >= 0.3 is 11.9 Å². The fourth-order valence-corrected chi connectivity index (χ4v) is 7.41. The van der Waals surface area contributed by atoms with Crippen LogP contribution < -0.4 is 4.90 Å². The number of fused-ring (bicyclic) bond motifs is 1. The molecule has 0 fully saturated rings. The Morgan fingerprint density at radius 1 is 0.918 bits per heavy atom. The molecule has 0 amide bonds. The first-order chi connectivity index (χ1) is 23.4. The molecule has 7 heteroatoms. The summed E-state index contributed by atoms with van der Waals surface area (Å²) in [4.78, 5) is 26.8. The molecular weight excluding hydrogens is 632 g/mol. The van der Waals surface area contributed by atoms with Gasteiger partial charge in [-0.2, -0.15) is 0 Å². The first kappa shape index (κ1) is 38.0. The molecule has 49 heavy (non-hydrogen) atoms. The molecule has 6 nitrogen and oxygen atoms in total. The molecule has 0 spiro atoms. The van der Waals surface area contributed by atoms with Crippen molar-refractivity contribution in [3.05, 3.63) is 111 Å². The summed E-state index contributed by atoms with van der Waals surface area (Å²) in [6.45, 7) is 12.7. The van der Waals surface area contributed by atoms with Crippen LogP contribution in [0.4, 0.5) is 5.69 Å². The second kappa shape index (κ2) is 17.8. The van der Waals surface area contributed by atoms with Crippen molar-refractivity contribution >= 4 is 29.2 Å². The van der Waals surface area contributed by atoms with Crippen LogP contribution in [-0.2, 0) is 15.0 Å². The van der Waals surface area contributed by atoms with Gasteiger partial charge in [0.15, 0.2) is 0 Å². The van der Waals surface area contributed by atoms with Crippen LogP contribution >= 0.6 is 11.6 Å². The molecule has 2 aromatic carbocycles. The van der Waals surface area contributed by atoms with E-state index in [2.05, 4.69) is 111 Å². The number of carbonyl (C=O) groups is 2. The van der Waals surface area contributed by atoms with Gasteiger partial charge in [-0.25, -0.2) is 0 Å². The molecule has 0 radical (unpaired) electrons. The van der Waals surface area contributed by atoms with E-state index in [1.54, 1.807) is 0 Å². The summed E-state index contributed by atoms with van der Waals surface area (Å²) < 4.78 is 0. The lowest BCUT2D eigenvalue weighted by Gasteiger charge is -2.29. The maximum atomic E-state index is 11.0. The second-order valence-electron chi connectivity index (χ2n) is 14.3. The van der Waals surface area contributed by atoms with Gasteiger partial charge in [-0.1, -0.05) is 91.9 Å². The van der Waals surface area contributed by atoms with Crippen molar-refractivity contribution in [1.82, 2.24) is 4.90 Å². The molecule has 2 aliphatic rings. The van der Waals surface area contributed by atoms with Crippen LogP contribution in [0, 0.1) is 13.8 Å². The third-order valence-electron chi connectivity index (χ3n) is 10.0. The summed E-state index contributed by atoms with van der Waals surface area (Å²) in [5.41, 5.74) is 9.65. The monoisotopic (exact) mass is 686 g/mol. The van der Waals surface area contributed by atoms with Gasteiger partial charge in [0.25, 0.3) is 0 Å². The van der Waals surface area contributed by atoms with E-state index in [-0.39, 0.29) is 24.3 Å². The fraction of sp³-hybridized carbons (Fsp3) is 0.476. The van der Waals surface area contributed by atoms with Crippen molar-refractivity contribution < 1.29 is 19.8 Å². The number of hydrogen-bond acceptors (Lipinski definition) is 4. The van der Waals surface area contributed by atoms with Gasteiger partial charge in [0.1, 0.15) is 0 Å². The number of carboxylic acids is 2. The lowest BCUT2D eigenvalue weighted by Crippen LogP contribution is -2.27. The number of benzene rings is 2. The first-order valence-electron chi connectivity index (χ1n) is 18.0. The average molecular weight is 687 g/mol. The number of rotatable bonds is 17. The Hall–Kier alpha value is -3.77. The number of unbranched alkanes of at least 4 members (excludes halogenated alkanes) is 4. The van der Waals surface area contributed by atoms with Crippen molar-refractivity contribution in [2.45, 2.75) is 117 Å². The van der Waals surface area contributed by atoms with Crippen LogP contribution in [0.5, 0.6) is 0 Å². The minimum Gasteiger partial charge on any atom is -0.481 e. The van der Waals surface area contributed by atoms with Crippen molar-refractivity contribution in [2.75, 3.05) is 18.0 Å². The number of carboxylic acid groups (broad SMARTS) is 2. The molecule has 0 saturated heterocycles. The van der Waals surface area contributed by atoms with Gasteiger partial charge in [-0.3, -0.25) is 9.59 Å². The van der Waals surface area contributed by atoms with E-state index >= 15 is 0 Å². The predicted molar refractivity (Wildman–Crippen MR) is 202 cm³/mol. The Balaban J connectivity index is 1.58. The number of halogens is 1. The Labute approximate surface area is 298 Å². The van der Waals surface area contributed by atoms with Crippen LogP contribution in [0.25, 0.3) is 0 Å². The van der Waals surface area contributed by atoms with Gasteiger partial charge in [-0.05, 0) is 112 Å². The second-order valence-corrected chi connectivity index (χ2v) is 14.7. The molecule has 0 aromatic heterocycles. The fourth-order valence-electron chi connectivity index (χ4n) is 7.09. The van der Waals surface area contributed by atoms with E-state index in [4.69, 9.17) is 21.8 Å². The molecule has 1 atom stereocenters. The minimum atomic E-state index is -0.736. The minimum absolute atomic E-state index is 0.170. The molecule has 0 bridgehead atoms. The highest BCUT2D eigenvalue weighted by Crippen LogP contribution is 2.48. The summed E-state index contributed by atoms with van der Waals surface area (Å²) in [7, 11) is 0. The number of nitrogens with zero attached hydrogens (tertiary/aromatic N) is 2. The SMILES string of the molecule is Cc1cccc(C(C)N(/C=C/C2=C(Cl)C(=C/C=C3/N(CCCCCC(=O)O)c4ccc(C)cc4C3(C)C)/CCC2)CCCCCC(=O)O)c1. The van der Waals surface area contributed by atoms with Crippen molar-refractivity contribution in [2.24, 2.45) is 0 Å². The number of allylic oxidation sites excluding steroid dienone is 7. The van der Waals surface area contributed by atoms with E-state index in [9.17, 15) is 9.59 Å². The van der Waals surface area contributed by atoms with Crippen LogP contribution in [0.3, 0.4) is 0 Å². The summed E-state index contributed by atoms with van der Waals surface area (Å²) in [6.07, 6.45) is 17.2. The van der Waals surface area contributed by atoms with Gasteiger partial charge in [-0.15, -0.1) is 0 Å². The zero-order valence-electron chi connectivity index (χ0n) is 30.1. The third-order valence-corrected chi connectivity index (χ3v) is 10.5. The number of aliphatic carboxylic acids is 2. The van der Waals surface area contributed by atoms with Gasteiger partial charge in [0.2, 0.25) is 0 Å². The van der Waals surface area contributed by atoms with E-state index < -0.39 is 11.9 Å². The van der Waals surface area contributed by atoms with Crippen LogP contribution in [0.1, 0.15) is 120 Å². The molecular formula is C42H55ClN2O4. The number of anilines is 1. The van der Waals surface area contributed by atoms with Gasteiger partial charge in [0, 0.05) is 47.8 Å². The predicted octanol–water partition coefficient (Wildman–Crippen LogP) is 10.8. The highest BCUT2D eigenvalue weighted by Gasteiger charge is 2.39. The zero-order chi connectivity index (χ0) is 35.6. The first-order valence-corrected chi connectivity index (χ1v) is 18.4. The van der Waals surface area contributed by atoms with E-state index in [1.165, 1.54) is 33.6 Å². The van der Waals surface area contributed by atoms with Crippen LogP contribution in [-0.4, -0.2) is 40.1 Å². The highest BCUT2D eigenvalue weighted by atomic mass is 35.5. The number of aryl methyl sites for hydroxylation is 2. The molecule has 2 N–H and O–H groups in total. The average Bonchev–Trinajstić information content (AvgIpc) is 3.26. The van der Waals surface area contributed by atoms with Crippen LogP contribution in [0.15, 0.2) is 88.8 Å². The van der Waals surface area contributed by atoms with Crippen LogP contribution in [0.2, 0.25) is 0 Å². The van der Waals surface area contributed by atoms with Crippen molar-refractivity contribution in [1.29, 1.82) is 0 Å². The quantitative estimate of drug-likeness (QED) is 0.161. The van der Waals surface area contributed by atoms with Crippen molar-refractivity contribution in [3.63, 3.8) is 0 Å². The summed E-state index contributed by atoms with van der Waals surface area (Å²) in [6, 6.07) is 15.5. The molecule has 1 aliphatic carbocycles. The van der Waals surface area contributed by atoms with Gasteiger partial charge < -0.3 is 20.0 Å². The molecule has 1 heterocycles. The summed E-state index contributed by atoms with van der Waals surface area (Å²) >= 11 is 7.17. The normalized spacial score (nSPS) is 18.0. The maximum Gasteiger partial charge on any atom is 0.303 e. The smallest absolute Gasteiger partial charge is 0.303 e. The standard InChI is InChI=1S/C42H55ClN2O4/c1-30-14-12-17-35(28-30)32(3)44(25-10-6-8-18-39(46)47)27-24-34-16-13-15-33(41(34)43)21-23-38-42(4,5)36-29-31(2)20-22-37(36)45(38)26-11-7-9-19-40(48)49/h12,14,17,20-24,27-29,32H,6-11,13,15-16,18-19,25-26H2,1-5H3,(H,46,47)(H,48,49)/b27-24+,33-21+,38-23+. The lowest BCUT2D eigenvalue weighted by atomic mass is 9.83. The highest BCUT2D eigenvalue weighted by molar-refractivity contribution is 6.32. The Morgan fingerprint density at radius 3 is 2.31 bits per heavy atom. The largest absolute Gasteiger partial charge is 0.481 e. The molecule has 1 unspecified atom stereocenters. The molecule has 0 saturated carbocycles. The van der Waals surface area contributed by atoms with E-state index in [0.717, 1.165) is 74.2 Å².